The van der Waals surface area contributed by atoms with E-state index in [1.165, 1.54) is 11.1 Å². The summed E-state index contributed by atoms with van der Waals surface area (Å²) in [7, 11) is 0. The highest BCUT2D eigenvalue weighted by Crippen LogP contribution is 2.43. The van der Waals surface area contributed by atoms with Crippen molar-refractivity contribution in [2.75, 3.05) is 0 Å². The lowest BCUT2D eigenvalue weighted by Crippen LogP contribution is -2.32. The normalized spacial score (nSPS) is 20.0. The van der Waals surface area contributed by atoms with Gasteiger partial charge in [-0.25, -0.2) is 4.98 Å². The molecule has 1 atom stereocenters. The topological polar surface area (TPSA) is 27.1 Å². The van der Waals surface area contributed by atoms with Crippen molar-refractivity contribution in [2.45, 2.75) is 18.8 Å². The Kier molecular flexibility index (Phi) is 3.25. The number of fused-ring (bicyclic) bond motifs is 1. The van der Waals surface area contributed by atoms with E-state index in [1.54, 1.807) is 6.20 Å². The molecule has 0 saturated heterocycles. The first-order valence-corrected chi connectivity index (χ1v) is 7.60. The van der Waals surface area contributed by atoms with Crippen LogP contribution < -0.4 is 0 Å². The van der Waals surface area contributed by atoms with E-state index in [-0.39, 0.29) is 0 Å². The Morgan fingerprint density at radius 2 is 1.95 bits per heavy atom. The van der Waals surface area contributed by atoms with Gasteiger partial charge in [0.2, 0.25) is 0 Å². The third-order valence-electron chi connectivity index (χ3n) is 4.20. The van der Waals surface area contributed by atoms with Gasteiger partial charge in [-0.2, -0.15) is 0 Å². The molecule has 0 radical (unpaired) electrons. The summed E-state index contributed by atoms with van der Waals surface area (Å²) in [5.74, 6) is 0. The van der Waals surface area contributed by atoms with Crippen molar-refractivity contribution in [2.24, 2.45) is 0 Å². The van der Waals surface area contributed by atoms with Crippen molar-refractivity contribution >= 4 is 11.6 Å². The molecule has 1 aliphatic heterocycles. The van der Waals surface area contributed by atoms with E-state index in [1.807, 2.05) is 36.8 Å². The Morgan fingerprint density at radius 1 is 1.14 bits per heavy atom. The number of benzene rings is 2. The zero-order valence-corrected chi connectivity index (χ0v) is 12.7. The quantitative estimate of drug-likeness (QED) is 0.731. The van der Waals surface area contributed by atoms with Gasteiger partial charge in [0.25, 0.3) is 0 Å². The highest BCUT2D eigenvalue weighted by molar-refractivity contribution is 6.30. The summed E-state index contributed by atoms with van der Waals surface area (Å²) >= 11 is 6.05. The SMILES string of the molecule is Clc1ccc(C2(Cn3ccnc3)OCc3ccccc32)cc1. The van der Waals surface area contributed by atoms with Crippen molar-refractivity contribution in [1.82, 2.24) is 9.55 Å². The number of halogens is 1. The van der Waals surface area contributed by atoms with Crippen molar-refractivity contribution in [3.8, 4) is 0 Å². The van der Waals surface area contributed by atoms with Crippen LogP contribution in [0.3, 0.4) is 0 Å². The van der Waals surface area contributed by atoms with Gasteiger partial charge in [-0.15, -0.1) is 0 Å². The molecule has 1 aliphatic rings. The lowest BCUT2D eigenvalue weighted by atomic mass is 9.85. The van der Waals surface area contributed by atoms with Crippen LogP contribution in [-0.4, -0.2) is 9.55 Å². The van der Waals surface area contributed by atoms with Gasteiger partial charge in [0, 0.05) is 17.4 Å². The molecule has 3 nitrogen and oxygen atoms in total. The summed E-state index contributed by atoms with van der Waals surface area (Å²) in [6, 6.07) is 16.3. The van der Waals surface area contributed by atoms with Crippen molar-refractivity contribution in [3.63, 3.8) is 0 Å². The van der Waals surface area contributed by atoms with E-state index < -0.39 is 5.60 Å². The Bertz CT molecular complexity index is 783. The van der Waals surface area contributed by atoms with Crippen molar-refractivity contribution < 1.29 is 4.74 Å². The second-order valence-corrected chi connectivity index (χ2v) is 5.95. The van der Waals surface area contributed by atoms with Crippen LogP contribution in [0.25, 0.3) is 0 Å². The van der Waals surface area contributed by atoms with E-state index in [2.05, 4.69) is 33.8 Å². The van der Waals surface area contributed by atoms with Crippen LogP contribution in [-0.2, 0) is 23.5 Å². The number of nitrogens with zero attached hydrogens (tertiary/aromatic N) is 2. The van der Waals surface area contributed by atoms with Crippen LogP contribution >= 0.6 is 11.6 Å². The Morgan fingerprint density at radius 3 is 2.73 bits per heavy atom. The molecule has 0 bridgehead atoms. The van der Waals surface area contributed by atoms with E-state index in [9.17, 15) is 0 Å². The predicted molar refractivity (Wildman–Crippen MR) is 85.7 cm³/mol. The van der Waals surface area contributed by atoms with Crippen LogP contribution in [0.15, 0.2) is 67.3 Å². The number of ether oxygens (including phenoxy) is 1. The summed E-state index contributed by atoms with van der Waals surface area (Å²) < 4.78 is 8.37. The standard InChI is InChI=1S/C18H15ClN2O/c19-16-7-5-15(6-8-16)18(12-21-10-9-20-13-21)17-4-2-1-3-14(17)11-22-18/h1-10,13H,11-12H2. The molecule has 2 heterocycles. The first-order valence-electron chi connectivity index (χ1n) is 7.22. The molecule has 0 spiro atoms. The fourth-order valence-electron chi connectivity index (χ4n) is 3.14. The molecule has 3 aromatic rings. The Balaban J connectivity index is 1.87. The van der Waals surface area contributed by atoms with Gasteiger partial charge in [0.1, 0.15) is 5.60 Å². The number of hydrogen-bond donors (Lipinski definition) is 0. The third-order valence-corrected chi connectivity index (χ3v) is 4.45. The second kappa shape index (κ2) is 5.27. The largest absolute Gasteiger partial charge is 0.359 e. The molecule has 1 unspecified atom stereocenters. The van der Waals surface area contributed by atoms with E-state index in [0.29, 0.717) is 13.2 Å². The molecule has 4 heteroatoms. The van der Waals surface area contributed by atoms with Crippen LogP contribution in [0.4, 0.5) is 0 Å². The van der Waals surface area contributed by atoms with Crippen LogP contribution in [0.1, 0.15) is 16.7 Å². The summed E-state index contributed by atoms with van der Waals surface area (Å²) in [5.41, 5.74) is 3.06. The monoisotopic (exact) mass is 310 g/mol. The molecule has 0 aliphatic carbocycles. The van der Waals surface area contributed by atoms with E-state index in [4.69, 9.17) is 16.3 Å². The second-order valence-electron chi connectivity index (χ2n) is 5.51. The maximum Gasteiger partial charge on any atom is 0.137 e. The van der Waals surface area contributed by atoms with Gasteiger partial charge in [0.05, 0.1) is 19.5 Å². The highest BCUT2D eigenvalue weighted by Gasteiger charge is 2.41. The predicted octanol–water partition coefficient (Wildman–Crippen LogP) is 4.01. The lowest BCUT2D eigenvalue weighted by molar-refractivity contribution is -0.0180. The number of imidazole rings is 1. The molecule has 0 fully saturated rings. The summed E-state index contributed by atoms with van der Waals surface area (Å²) in [6.07, 6.45) is 5.57. The zero-order chi connectivity index (χ0) is 15.0. The minimum Gasteiger partial charge on any atom is -0.359 e. The van der Waals surface area contributed by atoms with Crippen LogP contribution in [0.2, 0.25) is 5.02 Å². The van der Waals surface area contributed by atoms with Gasteiger partial charge >= 0.3 is 0 Å². The molecule has 0 amide bonds. The van der Waals surface area contributed by atoms with Gasteiger partial charge in [-0.05, 0) is 28.8 Å². The van der Waals surface area contributed by atoms with Gasteiger partial charge in [-0.1, -0.05) is 48.0 Å². The first kappa shape index (κ1) is 13.6. The molecule has 4 rings (SSSR count). The molecular weight excluding hydrogens is 296 g/mol. The van der Waals surface area contributed by atoms with Crippen molar-refractivity contribution in [3.05, 3.63) is 89.0 Å². The molecule has 1 aromatic heterocycles. The van der Waals surface area contributed by atoms with Gasteiger partial charge in [-0.3, -0.25) is 0 Å². The first-order chi connectivity index (χ1) is 10.8. The number of aromatic nitrogens is 2. The summed E-state index contributed by atoms with van der Waals surface area (Å²) in [6.45, 7) is 1.30. The van der Waals surface area contributed by atoms with Gasteiger partial charge in [0.15, 0.2) is 0 Å². The molecule has 0 saturated carbocycles. The zero-order valence-electron chi connectivity index (χ0n) is 11.9. The van der Waals surface area contributed by atoms with Crippen LogP contribution in [0.5, 0.6) is 0 Å². The minimum absolute atomic E-state index is 0.498. The third kappa shape index (κ3) is 2.14. The minimum atomic E-state index is -0.498. The van der Waals surface area contributed by atoms with Crippen molar-refractivity contribution in [1.29, 1.82) is 0 Å². The molecule has 0 N–H and O–H groups in total. The lowest BCUT2D eigenvalue weighted by Gasteiger charge is -2.31. The fourth-order valence-corrected chi connectivity index (χ4v) is 3.26. The average molecular weight is 311 g/mol. The summed E-state index contributed by atoms with van der Waals surface area (Å²) in [5, 5.41) is 0.729. The molecule has 110 valence electrons. The molecular formula is C18H15ClN2O. The van der Waals surface area contributed by atoms with Crippen LogP contribution in [0, 0.1) is 0 Å². The fraction of sp³-hybridized carbons (Fsp3) is 0.167. The number of rotatable bonds is 3. The van der Waals surface area contributed by atoms with E-state index >= 15 is 0 Å². The van der Waals surface area contributed by atoms with Gasteiger partial charge < -0.3 is 9.30 Å². The Hall–Kier alpha value is -2.10. The highest BCUT2D eigenvalue weighted by atomic mass is 35.5. The smallest absolute Gasteiger partial charge is 0.137 e. The van der Waals surface area contributed by atoms with E-state index in [0.717, 1.165) is 10.6 Å². The maximum absolute atomic E-state index is 6.32. The molecule has 2 aromatic carbocycles. The maximum atomic E-state index is 6.32. The average Bonchev–Trinajstić information content (AvgIpc) is 3.18. The Labute approximate surface area is 134 Å². The molecule has 22 heavy (non-hydrogen) atoms. The summed E-state index contributed by atoms with van der Waals surface area (Å²) in [4.78, 5) is 4.15. The number of hydrogen-bond acceptors (Lipinski definition) is 2.